The van der Waals surface area contributed by atoms with Gasteiger partial charge in [-0.1, -0.05) is 12.1 Å². The molecule has 0 saturated carbocycles. The van der Waals surface area contributed by atoms with Crippen molar-refractivity contribution >= 4 is 16.0 Å². The van der Waals surface area contributed by atoms with Crippen LogP contribution in [0.5, 0.6) is 0 Å². The Morgan fingerprint density at radius 3 is 1.91 bits per heavy atom. The summed E-state index contributed by atoms with van der Waals surface area (Å²) in [5.41, 5.74) is -6.25. The van der Waals surface area contributed by atoms with Crippen LogP contribution >= 0.6 is 0 Å². The van der Waals surface area contributed by atoms with Crippen LogP contribution in [0.4, 0.5) is 30.2 Å². The maximum atomic E-state index is 12.7. The number of alkyl halides is 6. The Kier molecular flexibility index (Phi) is 4.83. The fourth-order valence-corrected chi connectivity index (χ4v) is 2.03. The number of benzene rings is 1. The number of carbonyl (C=O) groups excluding carboxylic acids is 1. The SMILES string of the molecule is O=C(CC(O)(C(F)(F)F)C(F)(F)F)c1cccc(S(=O)(=O)F)c1. The van der Waals surface area contributed by atoms with Crippen LogP contribution in [0.25, 0.3) is 0 Å². The van der Waals surface area contributed by atoms with Gasteiger partial charge in [0.15, 0.2) is 5.78 Å². The molecule has 0 atom stereocenters. The minimum absolute atomic E-state index is 0.269. The van der Waals surface area contributed by atoms with Crippen molar-refractivity contribution in [3.05, 3.63) is 29.8 Å². The molecule has 0 aliphatic rings. The summed E-state index contributed by atoms with van der Waals surface area (Å²) in [6.07, 6.45) is -14.8. The number of hydrogen-bond donors (Lipinski definition) is 1. The highest BCUT2D eigenvalue weighted by atomic mass is 32.3. The zero-order valence-corrected chi connectivity index (χ0v) is 11.6. The number of rotatable bonds is 4. The molecule has 0 aliphatic heterocycles. The second-order valence-electron chi connectivity index (χ2n) is 4.42. The van der Waals surface area contributed by atoms with Gasteiger partial charge in [-0.25, -0.2) is 0 Å². The van der Waals surface area contributed by atoms with Gasteiger partial charge in [-0.2, -0.15) is 34.8 Å². The first kappa shape index (κ1) is 19.4. The van der Waals surface area contributed by atoms with E-state index in [0.717, 1.165) is 6.07 Å². The Balaban J connectivity index is 3.26. The van der Waals surface area contributed by atoms with Gasteiger partial charge in [0.2, 0.25) is 0 Å². The fraction of sp³-hybridized carbons (Fsp3) is 0.364. The molecule has 1 aromatic rings. The minimum Gasteiger partial charge on any atom is -0.373 e. The lowest BCUT2D eigenvalue weighted by atomic mass is 9.92. The normalized spacial score (nSPS) is 13.9. The van der Waals surface area contributed by atoms with Crippen LogP contribution in [0.3, 0.4) is 0 Å². The van der Waals surface area contributed by atoms with E-state index in [0.29, 0.717) is 12.1 Å². The van der Waals surface area contributed by atoms with E-state index in [1.54, 1.807) is 0 Å². The third-order valence-electron chi connectivity index (χ3n) is 2.79. The number of halogens is 7. The Bertz CT molecular complexity index is 692. The molecule has 12 heteroatoms. The first-order chi connectivity index (χ1) is 10.1. The van der Waals surface area contributed by atoms with Crippen LogP contribution in [0.1, 0.15) is 16.8 Å². The maximum Gasteiger partial charge on any atom is 0.426 e. The Labute approximate surface area is 124 Å². The van der Waals surface area contributed by atoms with Crippen LogP contribution in [0, 0.1) is 0 Å². The van der Waals surface area contributed by atoms with Crippen molar-refractivity contribution in [1.82, 2.24) is 0 Å². The zero-order valence-electron chi connectivity index (χ0n) is 10.7. The van der Waals surface area contributed by atoms with Gasteiger partial charge in [0.05, 0.1) is 11.3 Å². The molecule has 0 amide bonds. The maximum absolute atomic E-state index is 12.7. The highest BCUT2D eigenvalue weighted by molar-refractivity contribution is 7.86. The van der Waals surface area contributed by atoms with E-state index in [-0.39, 0.29) is 6.07 Å². The summed E-state index contributed by atoms with van der Waals surface area (Å²) in [5, 5.41) is 8.88. The topological polar surface area (TPSA) is 71.4 Å². The van der Waals surface area contributed by atoms with E-state index in [9.17, 15) is 43.4 Å². The molecule has 0 aliphatic carbocycles. The molecule has 1 rings (SSSR count). The summed E-state index contributed by atoms with van der Waals surface area (Å²) in [7, 11) is -5.32. The van der Waals surface area contributed by atoms with Gasteiger partial charge in [0, 0.05) is 5.56 Å². The summed E-state index contributed by atoms with van der Waals surface area (Å²) in [6.45, 7) is 0. The predicted molar refractivity (Wildman–Crippen MR) is 60.7 cm³/mol. The van der Waals surface area contributed by atoms with Crippen LogP contribution in [0.2, 0.25) is 0 Å². The highest BCUT2D eigenvalue weighted by Gasteiger charge is 2.70. The monoisotopic (exact) mass is 368 g/mol. The number of carbonyl (C=O) groups is 1. The number of aliphatic hydroxyl groups is 1. The molecule has 0 unspecified atom stereocenters. The van der Waals surface area contributed by atoms with Crippen molar-refractivity contribution in [2.75, 3.05) is 0 Å². The quantitative estimate of drug-likeness (QED) is 0.504. The average Bonchev–Trinajstić information content (AvgIpc) is 2.35. The van der Waals surface area contributed by atoms with Gasteiger partial charge >= 0.3 is 22.6 Å². The first-order valence-electron chi connectivity index (χ1n) is 5.53. The van der Waals surface area contributed by atoms with E-state index in [1.807, 2.05) is 0 Å². The predicted octanol–water partition coefficient (Wildman–Crippen LogP) is 2.77. The van der Waals surface area contributed by atoms with Gasteiger partial charge in [0.1, 0.15) is 0 Å². The molecule has 4 nitrogen and oxygen atoms in total. The van der Waals surface area contributed by atoms with Gasteiger partial charge in [-0.3, -0.25) is 4.79 Å². The fourth-order valence-electron chi connectivity index (χ4n) is 1.52. The molecule has 130 valence electrons. The summed E-state index contributed by atoms with van der Waals surface area (Å²) in [5.74, 6) is -1.87. The molecule has 0 spiro atoms. The smallest absolute Gasteiger partial charge is 0.373 e. The molecule has 0 bridgehead atoms. The van der Waals surface area contributed by atoms with Crippen molar-refractivity contribution in [3.8, 4) is 0 Å². The van der Waals surface area contributed by atoms with Crippen molar-refractivity contribution in [3.63, 3.8) is 0 Å². The molecule has 0 radical (unpaired) electrons. The Morgan fingerprint density at radius 2 is 1.52 bits per heavy atom. The number of Topliss-reactive ketones (excluding diaryl/α,β-unsaturated/α-hetero) is 1. The molecular formula is C11H7F7O4S. The third kappa shape index (κ3) is 3.99. The Hall–Kier alpha value is -1.69. The molecule has 1 aromatic carbocycles. The average molecular weight is 368 g/mol. The van der Waals surface area contributed by atoms with Crippen molar-refractivity contribution in [2.45, 2.75) is 29.3 Å². The van der Waals surface area contributed by atoms with E-state index >= 15 is 0 Å². The van der Waals surface area contributed by atoms with Gasteiger partial charge in [-0.15, -0.1) is 3.89 Å². The molecule has 23 heavy (non-hydrogen) atoms. The van der Waals surface area contributed by atoms with Crippen molar-refractivity contribution in [1.29, 1.82) is 0 Å². The zero-order chi connectivity index (χ0) is 18.3. The molecule has 0 saturated heterocycles. The molecule has 0 aromatic heterocycles. The molecular weight excluding hydrogens is 361 g/mol. The van der Waals surface area contributed by atoms with Gasteiger partial charge < -0.3 is 5.11 Å². The summed E-state index contributed by atoms with van der Waals surface area (Å²) in [6, 6.07) is 2.35. The second kappa shape index (κ2) is 5.74. The first-order valence-corrected chi connectivity index (χ1v) is 6.92. The van der Waals surface area contributed by atoms with Gasteiger partial charge in [-0.05, 0) is 12.1 Å². The van der Waals surface area contributed by atoms with Crippen molar-refractivity contribution in [2.24, 2.45) is 0 Å². The Morgan fingerprint density at radius 1 is 1.04 bits per heavy atom. The van der Waals surface area contributed by atoms with Crippen LogP contribution in [0.15, 0.2) is 29.2 Å². The number of ketones is 1. The summed E-state index contributed by atoms with van der Waals surface area (Å²) >= 11 is 0. The van der Waals surface area contributed by atoms with Crippen LogP contribution < -0.4 is 0 Å². The van der Waals surface area contributed by atoms with Gasteiger partial charge in [0.25, 0.3) is 5.60 Å². The van der Waals surface area contributed by atoms with Crippen LogP contribution in [-0.2, 0) is 10.2 Å². The standard InChI is InChI=1S/C11H7F7O4S/c12-10(13,14)9(20,11(15,16)17)5-8(19)6-2-1-3-7(4-6)23(18,21)22/h1-4,20H,5H2. The lowest BCUT2D eigenvalue weighted by Crippen LogP contribution is -2.57. The summed E-state index contributed by atoms with van der Waals surface area (Å²) < 4.78 is 109. The third-order valence-corrected chi connectivity index (χ3v) is 3.61. The molecule has 0 fully saturated rings. The largest absolute Gasteiger partial charge is 0.426 e. The number of hydrogen-bond acceptors (Lipinski definition) is 4. The summed E-state index contributed by atoms with van der Waals surface area (Å²) in [4.78, 5) is 10.4. The molecule has 0 heterocycles. The van der Waals surface area contributed by atoms with Crippen LogP contribution in [-0.4, -0.2) is 37.3 Å². The van der Waals surface area contributed by atoms with E-state index in [4.69, 9.17) is 5.11 Å². The van der Waals surface area contributed by atoms with Crippen molar-refractivity contribution < 1.29 is 48.5 Å². The van der Waals surface area contributed by atoms with E-state index < -0.39 is 50.8 Å². The lowest BCUT2D eigenvalue weighted by molar-refractivity contribution is -0.365. The van der Waals surface area contributed by atoms with E-state index in [1.165, 1.54) is 0 Å². The molecule has 1 N–H and O–H groups in total. The minimum atomic E-state index is -6.20. The highest BCUT2D eigenvalue weighted by Crippen LogP contribution is 2.45. The van der Waals surface area contributed by atoms with E-state index in [2.05, 4.69) is 0 Å². The second-order valence-corrected chi connectivity index (χ2v) is 5.77. The lowest BCUT2D eigenvalue weighted by Gasteiger charge is -2.31.